The summed E-state index contributed by atoms with van der Waals surface area (Å²) in [5.74, 6) is 0.580. The van der Waals surface area contributed by atoms with E-state index in [1.165, 1.54) is 12.4 Å². The molecule has 1 spiro atoms. The van der Waals surface area contributed by atoms with E-state index in [0.29, 0.717) is 48.8 Å². The molecule has 7 nitrogen and oxygen atoms in total. The number of aromatic nitrogens is 5. The van der Waals surface area contributed by atoms with Gasteiger partial charge in [-0.25, -0.2) is 23.4 Å². The zero-order chi connectivity index (χ0) is 21.8. The highest BCUT2D eigenvalue weighted by atomic mass is 19.4. The van der Waals surface area contributed by atoms with E-state index in [2.05, 4.69) is 20.1 Å². The molecule has 0 bridgehead atoms. The molecule has 5 heterocycles. The number of anilines is 2. The molecule has 0 unspecified atom stereocenters. The SMILES string of the molecule is FC(F)Cn1ncc2ncc(N3CC4(CCN(c5ccnc(C(F)(F)F)c5)C4)C3)nc21. The van der Waals surface area contributed by atoms with E-state index < -0.39 is 24.8 Å². The van der Waals surface area contributed by atoms with Crippen LogP contribution < -0.4 is 9.80 Å². The molecular formula is C19H18F5N7. The number of nitrogens with zero attached hydrogens (tertiary/aromatic N) is 7. The van der Waals surface area contributed by atoms with Crippen LogP contribution >= 0.6 is 0 Å². The summed E-state index contributed by atoms with van der Waals surface area (Å²) >= 11 is 0. The van der Waals surface area contributed by atoms with E-state index in [4.69, 9.17) is 0 Å². The maximum absolute atomic E-state index is 13.0. The van der Waals surface area contributed by atoms with Crippen LogP contribution in [0.15, 0.2) is 30.7 Å². The monoisotopic (exact) mass is 439 g/mol. The number of pyridine rings is 1. The average molecular weight is 439 g/mol. The van der Waals surface area contributed by atoms with E-state index in [-0.39, 0.29) is 5.41 Å². The lowest BCUT2D eigenvalue weighted by Crippen LogP contribution is -2.58. The van der Waals surface area contributed by atoms with Gasteiger partial charge in [-0.05, 0) is 18.6 Å². The molecule has 0 aliphatic carbocycles. The molecule has 31 heavy (non-hydrogen) atoms. The van der Waals surface area contributed by atoms with E-state index in [0.717, 1.165) is 17.2 Å². The smallest absolute Gasteiger partial charge is 0.371 e. The van der Waals surface area contributed by atoms with Crippen LogP contribution in [-0.2, 0) is 12.7 Å². The Morgan fingerprint density at radius 1 is 1.06 bits per heavy atom. The van der Waals surface area contributed by atoms with Crippen LogP contribution in [0.3, 0.4) is 0 Å². The Morgan fingerprint density at radius 2 is 1.84 bits per heavy atom. The van der Waals surface area contributed by atoms with Crippen LogP contribution in [0.25, 0.3) is 11.2 Å². The highest BCUT2D eigenvalue weighted by Crippen LogP contribution is 2.43. The molecule has 0 amide bonds. The summed E-state index contributed by atoms with van der Waals surface area (Å²) in [7, 11) is 0. The molecule has 0 radical (unpaired) electrons. The van der Waals surface area contributed by atoms with E-state index >= 15 is 0 Å². The predicted molar refractivity (Wildman–Crippen MR) is 102 cm³/mol. The summed E-state index contributed by atoms with van der Waals surface area (Å²) in [6.07, 6.45) is -2.00. The first kappa shape index (κ1) is 19.9. The lowest BCUT2D eigenvalue weighted by atomic mass is 9.79. The van der Waals surface area contributed by atoms with Gasteiger partial charge in [-0.3, -0.25) is 4.98 Å². The Bertz CT molecular complexity index is 1110. The summed E-state index contributed by atoms with van der Waals surface area (Å²) in [6.45, 7) is 2.07. The molecule has 2 saturated heterocycles. The molecule has 2 aliphatic heterocycles. The third-order valence-corrected chi connectivity index (χ3v) is 5.86. The zero-order valence-electron chi connectivity index (χ0n) is 16.2. The summed E-state index contributed by atoms with van der Waals surface area (Å²) in [5.41, 5.74) is 0.315. The normalized spacial score (nSPS) is 18.4. The molecule has 0 saturated carbocycles. The molecule has 12 heteroatoms. The minimum atomic E-state index is -4.48. The van der Waals surface area contributed by atoms with Crippen molar-refractivity contribution >= 4 is 22.7 Å². The maximum atomic E-state index is 13.0. The first-order chi connectivity index (χ1) is 14.7. The summed E-state index contributed by atoms with van der Waals surface area (Å²) in [4.78, 5) is 16.1. The van der Waals surface area contributed by atoms with Crippen molar-refractivity contribution in [2.24, 2.45) is 5.41 Å². The van der Waals surface area contributed by atoms with E-state index in [9.17, 15) is 22.0 Å². The lowest BCUT2D eigenvalue weighted by Gasteiger charge is -2.48. The molecule has 2 fully saturated rings. The van der Waals surface area contributed by atoms with Crippen LogP contribution in [0.5, 0.6) is 0 Å². The fourth-order valence-corrected chi connectivity index (χ4v) is 4.37. The Morgan fingerprint density at radius 3 is 2.58 bits per heavy atom. The second-order valence-electron chi connectivity index (χ2n) is 8.08. The quantitative estimate of drug-likeness (QED) is 0.582. The van der Waals surface area contributed by atoms with Gasteiger partial charge >= 0.3 is 6.18 Å². The predicted octanol–water partition coefficient (Wildman–Crippen LogP) is 3.22. The summed E-state index contributed by atoms with van der Waals surface area (Å²) < 4.78 is 65.5. The second-order valence-corrected chi connectivity index (χ2v) is 8.08. The van der Waals surface area contributed by atoms with Gasteiger partial charge in [0.05, 0.1) is 12.4 Å². The van der Waals surface area contributed by atoms with Crippen LogP contribution in [0, 0.1) is 5.41 Å². The van der Waals surface area contributed by atoms with Gasteiger partial charge < -0.3 is 9.80 Å². The fourth-order valence-electron chi connectivity index (χ4n) is 4.37. The van der Waals surface area contributed by atoms with E-state index in [1.54, 1.807) is 12.3 Å². The molecule has 2 aliphatic rings. The Kier molecular flexibility index (Phi) is 4.48. The topological polar surface area (TPSA) is 63.0 Å². The van der Waals surface area contributed by atoms with Gasteiger partial charge in [0.25, 0.3) is 6.43 Å². The van der Waals surface area contributed by atoms with Gasteiger partial charge in [0.1, 0.15) is 23.6 Å². The fraction of sp³-hybridized carbons (Fsp3) is 0.474. The molecule has 0 atom stereocenters. The molecule has 3 aromatic heterocycles. The van der Waals surface area contributed by atoms with Crippen molar-refractivity contribution in [3.05, 3.63) is 36.4 Å². The van der Waals surface area contributed by atoms with Crippen LogP contribution in [0.2, 0.25) is 0 Å². The molecule has 5 rings (SSSR count). The summed E-state index contributed by atoms with van der Waals surface area (Å²) in [6, 6.07) is 2.67. The van der Waals surface area contributed by atoms with Gasteiger partial charge in [0.2, 0.25) is 0 Å². The third kappa shape index (κ3) is 3.63. The number of hydrogen-bond acceptors (Lipinski definition) is 6. The molecule has 0 N–H and O–H groups in total. The standard InChI is InChI=1S/C19H18F5N7/c20-15(21)8-31-17-13(6-27-31)26-7-16(28-17)30-10-18(11-30)2-4-29(9-18)12-1-3-25-14(5-12)19(22,23)24/h1,3,5-7,15H,2,4,8-11H2. The van der Waals surface area contributed by atoms with E-state index in [1.807, 2.05) is 9.80 Å². The lowest BCUT2D eigenvalue weighted by molar-refractivity contribution is -0.141. The van der Waals surface area contributed by atoms with Gasteiger partial charge in [0, 0.05) is 43.5 Å². The van der Waals surface area contributed by atoms with Gasteiger partial charge in [0.15, 0.2) is 5.65 Å². The van der Waals surface area contributed by atoms with Crippen LogP contribution in [-0.4, -0.2) is 57.3 Å². The minimum Gasteiger partial charge on any atom is -0.371 e. The second kappa shape index (κ2) is 6.99. The first-order valence-electron chi connectivity index (χ1n) is 9.72. The van der Waals surface area contributed by atoms with Crippen LogP contribution in [0.1, 0.15) is 12.1 Å². The van der Waals surface area contributed by atoms with Crippen molar-refractivity contribution in [2.45, 2.75) is 25.6 Å². The van der Waals surface area contributed by atoms with Crippen molar-refractivity contribution in [1.29, 1.82) is 0 Å². The maximum Gasteiger partial charge on any atom is 0.433 e. The van der Waals surface area contributed by atoms with Crippen molar-refractivity contribution in [2.75, 3.05) is 36.0 Å². The molecular weight excluding hydrogens is 421 g/mol. The number of fused-ring (bicyclic) bond motifs is 1. The van der Waals surface area contributed by atoms with Gasteiger partial charge in [-0.1, -0.05) is 0 Å². The third-order valence-electron chi connectivity index (χ3n) is 5.86. The number of alkyl halides is 5. The highest BCUT2D eigenvalue weighted by molar-refractivity contribution is 5.71. The number of halogens is 5. The number of hydrogen-bond donors (Lipinski definition) is 0. The Hall–Kier alpha value is -3.05. The Balaban J connectivity index is 1.29. The van der Waals surface area contributed by atoms with Crippen molar-refractivity contribution in [1.82, 2.24) is 24.7 Å². The first-order valence-corrected chi connectivity index (χ1v) is 9.72. The van der Waals surface area contributed by atoms with Crippen LogP contribution in [0.4, 0.5) is 33.5 Å². The average Bonchev–Trinajstić information content (AvgIpc) is 3.31. The van der Waals surface area contributed by atoms with Gasteiger partial charge in [-0.15, -0.1) is 0 Å². The largest absolute Gasteiger partial charge is 0.433 e. The van der Waals surface area contributed by atoms with Crippen molar-refractivity contribution in [3.63, 3.8) is 0 Å². The highest BCUT2D eigenvalue weighted by Gasteiger charge is 2.48. The van der Waals surface area contributed by atoms with Gasteiger partial charge in [-0.2, -0.15) is 18.3 Å². The minimum absolute atomic E-state index is 0.0540. The number of rotatable bonds is 4. The molecule has 0 aromatic carbocycles. The summed E-state index contributed by atoms with van der Waals surface area (Å²) in [5, 5.41) is 3.92. The molecule has 3 aromatic rings. The van der Waals surface area contributed by atoms with Crippen molar-refractivity contribution in [3.8, 4) is 0 Å². The Labute approximate surface area is 173 Å². The van der Waals surface area contributed by atoms with Crippen molar-refractivity contribution < 1.29 is 22.0 Å². The molecule has 164 valence electrons. The zero-order valence-corrected chi connectivity index (χ0v) is 16.2.